The number of fused-ring (bicyclic) bond motifs is 8. The highest BCUT2D eigenvalue weighted by Gasteiger charge is 2.30. The van der Waals surface area contributed by atoms with Crippen LogP contribution in [0.5, 0.6) is 0 Å². The molecule has 0 radical (unpaired) electrons. The molecule has 0 spiro atoms. The minimum absolute atomic E-state index is 0.585. The predicted octanol–water partition coefficient (Wildman–Crippen LogP) is 12.5. The van der Waals surface area contributed by atoms with Crippen molar-refractivity contribution in [2.24, 2.45) is 0 Å². The quantitative estimate of drug-likeness (QED) is 0.177. The number of hydrogen-bond donors (Lipinski definition) is 0. The molecule has 0 aliphatic carbocycles. The average Bonchev–Trinajstić information content (AvgIpc) is 3.60. The number of aromatic nitrogens is 5. The lowest BCUT2D eigenvalue weighted by atomic mass is 9.97. The molecule has 0 saturated carbocycles. The van der Waals surface area contributed by atoms with Crippen molar-refractivity contribution >= 4 is 39.1 Å². The molecule has 11 rings (SSSR count). The summed E-state index contributed by atoms with van der Waals surface area (Å²) in [7, 11) is 0. The van der Waals surface area contributed by atoms with Crippen LogP contribution in [0.3, 0.4) is 0 Å². The second-order valence-electron chi connectivity index (χ2n) is 14.0. The first-order valence-corrected chi connectivity index (χ1v) is 18.7. The number of rotatable bonds is 5. The molecule has 6 nitrogen and oxygen atoms in total. The highest BCUT2D eigenvalue weighted by molar-refractivity contribution is 5.98. The van der Waals surface area contributed by atoms with Gasteiger partial charge in [-0.05, 0) is 70.4 Å². The van der Waals surface area contributed by atoms with Crippen LogP contribution in [0.4, 0.5) is 17.3 Å². The molecule has 0 unspecified atom stereocenters. The Hall–Kier alpha value is -7.70. The Morgan fingerprint density at radius 2 is 0.893 bits per heavy atom. The molecule has 1 aliphatic rings. The Bertz CT molecular complexity index is 3040. The van der Waals surface area contributed by atoms with Crippen LogP contribution < -0.4 is 4.90 Å². The van der Waals surface area contributed by atoms with Crippen LogP contribution in [0.25, 0.3) is 83.9 Å². The molecule has 0 amide bonds. The molecule has 6 heteroatoms. The molecule has 262 valence electrons. The minimum atomic E-state index is 0.585. The van der Waals surface area contributed by atoms with E-state index < -0.39 is 0 Å². The van der Waals surface area contributed by atoms with Crippen LogP contribution in [0.2, 0.25) is 0 Å². The Kier molecular flexibility index (Phi) is 7.38. The SMILES string of the molecule is c1ccc(-c2nc(-c3ccccc3)nc(-c3cc(-c4ccc5ccccc5c4)cc(N4c5ccccc5-c5ccccc5-n5c4nc4ccccc45)c3)n2)cc1. The topological polar surface area (TPSA) is 59.7 Å². The zero-order chi connectivity index (χ0) is 37.0. The van der Waals surface area contributed by atoms with E-state index in [1.165, 1.54) is 10.8 Å². The molecule has 56 heavy (non-hydrogen) atoms. The fraction of sp³-hybridized carbons (Fsp3) is 0. The van der Waals surface area contributed by atoms with Gasteiger partial charge in [0.25, 0.3) is 0 Å². The van der Waals surface area contributed by atoms with Crippen molar-refractivity contribution < 1.29 is 0 Å². The Balaban J connectivity index is 1.21. The van der Waals surface area contributed by atoms with Crippen molar-refractivity contribution in [3.63, 3.8) is 0 Å². The molecule has 8 aromatic carbocycles. The van der Waals surface area contributed by atoms with E-state index in [4.69, 9.17) is 19.9 Å². The standard InChI is InChI=1S/C50H32N6/c1-3-16-34(17-4-1)47-52-48(35-18-5-2-6-19-35)54-49(53-47)39-30-38(37-28-27-33-15-7-8-20-36(33)29-37)31-40(32-39)55-44-24-12-9-21-41(44)42-22-10-13-25-45(42)56-46-26-14-11-23-43(46)51-50(55)56/h1-32H. The summed E-state index contributed by atoms with van der Waals surface area (Å²) in [5.41, 5.74) is 12.1. The van der Waals surface area contributed by atoms with E-state index in [1.807, 2.05) is 66.7 Å². The fourth-order valence-electron chi connectivity index (χ4n) is 7.90. The lowest BCUT2D eigenvalue weighted by Gasteiger charge is -2.26. The first-order chi connectivity index (χ1) is 27.7. The van der Waals surface area contributed by atoms with E-state index in [2.05, 4.69) is 137 Å². The molecular weight excluding hydrogens is 685 g/mol. The second kappa shape index (κ2) is 13.0. The van der Waals surface area contributed by atoms with Crippen molar-refractivity contribution in [3.8, 4) is 62.1 Å². The number of para-hydroxylation sites is 4. The second-order valence-corrected chi connectivity index (χ2v) is 14.0. The molecule has 10 aromatic rings. The highest BCUT2D eigenvalue weighted by atomic mass is 15.3. The van der Waals surface area contributed by atoms with E-state index in [-0.39, 0.29) is 0 Å². The Morgan fingerprint density at radius 3 is 1.62 bits per heavy atom. The molecular formula is C50H32N6. The largest absolute Gasteiger partial charge is 0.280 e. The van der Waals surface area contributed by atoms with Crippen LogP contribution in [-0.4, -0.2) is 24.5 Å². The van der Waals surface area contributed by atoms with Gasteiger partial charge in [0.2, 0.25) is 5.95 Å². The minimum Gasteiger partial charge on any atom is -0.280 e. The van der Waals surface area contributed by atoms with E-state index in [0.717, 1.165) is 73.0 Å². The average molecular weight is 717 g/mol. The van der Waals surface area contributed by atoms with Gasteiger partial charge < -0.3 is 0 Å². The van der Waals surface area contributed by atoms with Crippen LogP contribution >= 0.6 is 0 Å². The summed E-state index contributed by atoms with van der Waals surface area (Å²) in [6.45, 7) is 0. The van der Waals surface area contributed by atoms with Crippen LogP contribution in [0, 0.1) is 0 Å². The summed E-state index contributed by atoms with van der Waals surface area (Å²) in [6.07, 6.45) is 0. The van der Waals surface area contributed by atoms with E-state index >= 15 is 0 Å². The van der Waals surface area contributed by atoms with Crippen molar-refractivity contribution in [3.05, 3.63) is 194 Å². The molecule has 0 saturated heterocycles. The van der Waals surface area contributed by atoms with Crippen molar-refractivity contribution in [1.29, 1.82) is 0 Å². The van der Waals surface area contributed by atoms with Crippen molar-refractivity contribution in [2.75, 3.05) is 4.90 Å². The maximum Gasteiger partial charge on any atom is 0.220 e. The van der Waals surface area contributed by atoms with E-state index in [9.17, 15) is 0 Å². The monoisotopic (exact) mass is 716 g/mol. The zero-order valence-electron chi connectivity index (χ0n) is 30.2. The first-order valence-electron chi connectivity index (χ1n) is 18.7. The first kappa shape index (κ1) is 31.8. The highest BCUT2D eigenvalue weighted by Crippen LogP contribution is 2.48. The summed E-state index contributed by atoms with van der Waals surface area (Å²) in [5.74, 6) is 2.62. The summed E-state index contributed by atoms with van der Waals surface area (Å²) in [5, 5.41) is 2.37. The van der Waals surface area contributed by atoms with Gasteiger partial charge in [-0.15, -0.1) is 0 Å². The van der Waals surface area contributed by atoms with Gasteiger partial charge in [-0.3, -0.25) is 9.47 Å². The van der Waals surface area contributed by atoms with Gasteiger partial charge >= 0.3 is 0 Å². The lowest BCUT2D eigenvalue weighted by molar-refractivity contribution is 1.05. The summed E-state index contributed by atoms with van der Waals surface area (Å²) < 4.78 is 2.29. The van der Waals surface area contributed by atoms with Crippen LogP contribution in [0.1, 0.15) is 0 Å². The normalized spacial score (nSPS) is 11.9. The van der Waals surface area contributed by atoms with Gasteiger partial charge in [0.1, 0.15) is 0 Å². The molecule has 3 heterocycles. The maximum atomic E-state index is 5.37. The van der Waals surface area contributed by atoms with Gasteiger partial charge in [-0.25, -0.2) is 19.9 Å². The van der Waals surface area contributed by atoms with Crippen LogP contribution in [-0.2, 0) is 0 Å². The third-order valence-electron chi connectivity index (χ3n) is 10.5. The summed E-state index contributed by atoms with van der Waals surface area (Å²) >= 11 is 0. The molecule has 2 aromatic heterocycles. The van der Waals surface area contributed by atoms with Crippen LogP contribution in [0.15, 0.2) is 194 Å². The third-order valence-corrected chi connectivity index (χ3v) is 10.5. The van der Waals surface area contributed by atoms with Gasteiger partial charge in [-0.1, -0.05) is 146 Å². The van der Waals surface area contributed by atoms with Crippen molar-refractivity contribution in [1.82, 2.24) is 24.5 Å². The molecule has 0 N–H and O–H groups in total. The van der Waals surface area contributed by atoms with Gasteiger partial charge in [0.15, 0.2) is 17.5 Å². The number of nitrogens with zero attached hydrogens (tertiary/aromatic N) is 6. The zero-order valence-corrected chi connectivity index (χ0v) is 30.2. The van der Waals surface area contributed by atoms with Crippen molar-refractivity contribution in [2.45, 2.75) is 0 Å². The van der Waals surface area contributed by atoms with E-state index in [1.54, 1.807) is 0 Å². The maximum absolute atomic E-state index is 5.37. The van der Waals surface area contributed by atoms with E-state index in [0.29, 0.717) is 17.5 Å². The third kappa shape index (κ3) is 5.35. The molecule has 0 fully saturated rings. The summed E-state index contributed by atoms with van der Waals surface area (Å²) in [4.78, 5) is 23.0. The fourth-order valence-corrected chi connectivity index (χ4v) is 7.90. The van der Waals surface area contributed by atoms with Gasteiger partial charge in [0.05, 0.1) is 28.1 Å². The number of hydrogen-bond acceptors (Lipinski definition) is 5. The van der Waals surface area contributed by atoms with Gasteiger partial charge in [0, 0.05) is 27.8 Å². The Labute approximate surface area is 323 Å². The summed E-state index contributed by atoms with van der Waals surface area (Å²) in [6, 6.07) is 67.6. The smallest absolute Gasteiger partial charge is 0.220 e. The number of imidazole rings is 1. The molecule has 1 aliphatic heterocycles. The van der Waals surface area contributed by atoms with Gasteiger partial charge in [-0.2, -0.15) is 0 Å². The number of benzene rings is 8. The Morgan fingerprint density at radius 1 is 0.339 bits per heavy atom. The molecule has 0 bridgehead atoms. The predicted molar refractivity (Wildman–Crippen MR) is 227 cm³/mol. The number of anilines is 3. The molecule has 0 atom stereocenters. The lowest BCUT2D eigenvalue weighted by Crippen LogP contribution is -2.14.